The van der Waals surface area contributed by atoms with Crippen LogP contribution in [0, 0.1) is 12.3 Å². The maximum absolute atomic E-state index is 5.64. The number of rotatable bonds is 1. The van der Waals surface area contributed by atoms with E-state index in [1.165, 1.54) is 13.3 Å². The van der Waals surface area contributed by atoms with Crippen molar-refractivity contribution in [3.05, 3.63) is 23.0 Å². The van der Waals surface area contributed by atoms with E-state index in [1.807, 2.05) is 0 Å². The van der Waals surface area contributed by atoms with Crippen LogP contribution in [0.1, 0.15) is 5.69 Å². The van der Waals surface area contributed by atoms with Crippen LogP contribution in [-0.4, -0.2) is 12.1 Å². The lowest BCUT2D eigenvalue weighted by atomic mass is 10.3. The summed E-state index contributed by atoms with van der Waals surface area (Å²) in [5.74, 6) is 2.91. The van der Waals surface area contributed by atoms with Gasteiger partial charge < -0.3 is 4.74 Å². The van der Waals surface area contributed by atoms with Gasteiger partial charge in [-0.05, 0) is 5.92 Å². The fraction of sp³-hybridized carbons (Fsp3) is 0.125. The van der Waals surface area contributed by atoms with Crippen LogP contribution >= 0.6 is 11.6 Å². The molecule has 1 aromatic heterocycles. The molecule has 3 heteroatoms. The Morgan fingerprint density at radius 1 is 1.73 bits per heavy atom. The second-order valence-corrected chi connectivity index (χ2v) is 2.29. The van der Waals surface area contributed by atoms with E-state index in [0.717, 1.165) is 0 Å². The van der Waals surface area contributed by atoms with Crippen molar-refractivity contribution >= 4 is 11.6 Å². The molecule has 0 amide bonds. The Labute approximate surface area is 70.2 Å². The summed E-state index contributed by atoms with van der Waals surface area (Å²) < 4.78 is 4.93. The van der Waals surface area contributed by atoms with E-state index in [-0.39, 0.29) is 0 Å². The van der Waals surface area contributed by atoms with Crippen molar-refractivity contribution in [2.24, 2.45) is 0 Å². The van der Waals surface area contributed by atoms with E-state index in [2.05, 4.69) is 10.9 Å². The van der Waals surface area contributed by atoms with E-state index < -0.39 is 0 Å². The van der Waals surface area contributed by atoms with Gasteiger partial charge >= 0.3 is 0 Å². The number of ether oxygens (including phenoxy) is 1. The lowest BCUT2D eigenvalue weighted by molar-refractivity contribution is 0.411. The van der Waals surface area contributed by atoms with Gasteiger partial charge in [0, 0.05) is 12.3 Å². The van der Waals surface area contributed by atoms with Crippen molar-refractivity contribution in [1.82, 2.24) is 4.98 Å². The van der Waals surface area contributed by atoms with Gasteiger partial charge in [-0.3, -0.25) is 0 Å². The monoisotopic (exact) mass is 167 g/mol. The van der Waals surface area contributed by atoms with E-state index in [4.69, 9.17) is 22.8 Å². The van der Waals surface area contributed by atoms with Crippen molar-refractivity contribution < 1.29 is 4.74 Å². The zero-order valence-corrected chi connectivity index (χ0v) is 6.72. The van der Waals surface area contributed by atoms with Crippen LogP contribution in [0.3, 0.4) is 0 Å². The topological polar surface area (TPSA) is 22.1 Å². The number of aromatic nitrogens is 1. The van der Waals surface area contributed by atoms with E-state index in [9.17, 15) is 0 Å². The van der Waals surface area contributed by atoms with E-state index in [0.29, 0.717) is 16.5 Å². The molecule has 0 saturated carbocycles. The van der Waals surface area contributed by atoms with Crippen LogP contribution in [0.4, 0.5) is 0 Å². The molecule has 0 spiro atoms. The van der Waals surface area contributed by atoms with Crippen molar-refractivity contribution in [3.63, 3.8) is 0 Å². The van der Waals surface area contributed by atoms with Crippen LogP contribution in [0.15, 0.2) is 12.3 Å². The number of nitrogens with zero attached hydrogens (tertiary/aromatic N) is 1. The first-order valence-electron chi connectivity index (χ1n) is 2.94. The quantitative estimate of drug-likeness (QED) is 0.595. The normalized spacial score (nSPS) is 8.82. The van der Waals surface area contributed by atoms with Crippen molar-refractivity contribution in [3.8, 4) is 18.1 Å². The third-order valence-electron chi connectivity index (χ3n) is 1.18. The zero-order valence-electron chi connectivity index (χ0n) is 5.97. The summed E-state index contributed by atoms with van der Waals surface area (Å²) in [5.41, 5.74) is 0.469. The lowest BCUT2D eigenvalue weighted by Crippen LogP contribution is -1.90. The first kappa shape index (κ1) is 7.90. The van der Waals surface area contributed by atoms with Gasteiger partial charge in [0.1, 0.15) is 0 Å². The summed E-state index contributed by atoms with van der Waals surface area (Å²) in [7, 11) is 1.52. The molecule has 56 valence electrons. The average molecular weight is 168 g/mol. The highest BCUT2D eigenvalue weighted by atomic mass is 35.5. The van der Waals surface area contributed by atoms with Crippen molar-refractivity contribution in [1.29, 1.82) is 0 Å². The number of hydrogen-bond donors (Lipinski definition) is 0. The molecule has 0 aliphatic rings. The smallest absolute Gasteiger partial charge is 0.154 e. The molecule has 0 aliphatic carbocycles. The number of hydrogen-bond acceptors (Lipinski definition) is 2. The van der Waals surface area contributed by atoms with Crippen LogP contribution in [0.2, 0.25) is 5.02 Å². The second-order valence-electron chi connectivity index (χ2n) is 1.85. The summed E-state index contributed by atoms with van der Waals surface area (Å²) in [6.45, 7) is 0. The standard InChI is InChI=1S/C8H6ClNO/c1-3-7-8(11-2)4-6(9)5-10-7/h1,4-5H,2H3. The third-order valence-corrected chi connectivity index (χ3v) is 1.38. The molecular weight excluding hydrogens is 162 g/mol. The molecule has 0 aromatic carbocycles. The summed E-state index contributed by atoms with van der Waals surface area (Å²) in [4.78, 5) is 3.87. The molecule has 1 heterocycles. The molecule has 0 atom stereocenters. The van der Waals surface area contributed by atoms with Crippen LogP contribution in [0.25, 0.3) is 0 Å². The van der Waals surface area contributed by atoms with Gasteiger partial charge in [0.05, 0.1) is 12.1 Å². The maximum atomic E-state index is 5.64. The molecule has 0 aliphatic heterocycles. The van der Waals surface area contributed by atoms with Crippen molar-refractivity contribution in [2.75, 3.05) is 7.11 Å². The molecule has 11 heavy (non-hydrogen) atoms. The molecule has 0 bridgehead atoms. The molecule has 0 unspecified atom stereocenters. The number of terminal acetylenes is 1. The van der Waals surface area contributed by atoms with Crippen LogP contribution in [0.5, 0.6) is 5.75 Å². The molecule has 1 rings (SSSR count). The summed E-state index contributed by atoms with van der Waals surface area (Å²) in [5, 5.41) is 0.515. The fourth-order valence-corrected chi connectivity index (χ4v) is 0.833. The minimum atomic E-state index is 0.469. The number of pyridine rings is 1. The predicted octanol–water partition coefficient (Wildman–Crippen LogP) is 1.72. The first-order chi connectivity index (χ1) is 5.27. The molecule has 0 N–H and O–H groups in total. The average Bonchev–Trinajstić information content (AvgIpc) is 2.04. The van der Waals surface area contributed by atoms with Crippen LogP contribution < -0.4 is 4.74 Å². The molecule has 0 saturated heterocycles. The minimum absolute atomic E-state index is 0.469. The van der Waals surface area contributed by atoms with E-state index >= 15 is 0 Å². The van der Waals surface area contributed by atoms with Gasteiger partial charge in [-0.15, -0.1) is 6.42 Å². The highest BCUT2D eigenvalue weighted by molar-refractivity contribution is 6.30. The summed E-state index contributed by atoms with van der Waals surface area (Å²) in [6, 6.07) is 1.63. The van der Waals surface area contributed by atoms with Gasteiger partial charge in [0.25, 0.3) is 0 Å². The fourth-order valence-electron chi connectivity index (χ4n) is 0.685. The molecular formula is C8H6ClNO. The molecule has 2 nitrogen and oxygen atoms in total. The van der Waals surface area contributed by atoms with Crippen LogP contribution in [-0.2, 0) is 0 Å². The minimum Gasteiger partial charge on any atom is -0.494 e. The SMILES string of the molecule is C#Cc1ncc(Cl)cc1OC. The highest BCUT2D eigenvalue weighted by Crippen LogP contribution is 2.19. The Morgan fingerprint density at radius 2 is 2.45 bits per heavy atom. The van der Waals surface area contributed by atoms with Gasteiger partial charge in [-0.25, -0.2) is 4.98 Å². The first-order valence-corrected chi connectivity index (χ1v) is 3.32. The maximum Gasteiger partial charge on any atom is 0.154 e. The van der Waals surface area contributed by atoms with Gasteiger partial charge in [0.2, 0.25) is 0 Å². The highest BCUT2D eigenvalue weighted by Gasteiger charge is 2.00. The number of methoxy groups -OCH3 is 1. The Balaban J connectivity index is 3.19. The third kappa shape index (κ3) is 1.63. The number of halogens is 1. The van der Waals surface area contributed by atoms with Gasteiger partial charge in [0.15, 0.2) is 11.4 Å². The van der Waals surface area contributed by atoms with E-state index in [1.54, 1.807) is 6.07 Å². The Bertz CT molecular complexity index is 303. The molecule has 0 radical (unpaired) electrons. The lowest BCUT2D eigenvalue weighted by Gasteiger charge is -2.00. The zero-order chi connectivity index (χ0) is 8.27. The van der Waals surface area contributed by atoms with Gasteiger partial charge in [-0.1, -0.05) is 11.6 Å². The summed E-state index contributed by atoms with van der Waals surface area (Å²) in [6.07, 6.45) is 6.63. The van der Waals surface area contributed by atoms with Gasteiger partial charge in [-0.2, -0.15) is 0 Å². The predicted molar refractivity (Wildman–Crippen MR) is 43.7 cm³/mol. The Kier molecular flexibility index (Phi) is 2.35. The Morgan fingerprint density at radius 3 is 3.00 bits per heavy atom. The summed E-state index contributed by atoms with van der Waals surface area (Å²) >= 11 is 5.64. The Hall–Kier alpha value is -1.20. The van der Waals surface area contributed by atoms with Crippen molar-refractivity contribution in [2.45, 2.75) is 0 Å². The molecule has 1 aromatic rings. The molecule has 0 fully saturated rings. The second kappa shape index (κ2) is 3.27. The largest absolute Gasteiger partial charge is 0.494 e.